The summed E-state index contributed by atoms with van der Waals surface area (Å²) in [7, 11) is 4.24. The van der Waals surface area contributed by atoms with E-state index in [4.69, 9.17) is 0 Å². The average molecular weight is 461 g/mol. The van der Waals surface area contributed by atoms with Crippen LogP contribution in [0.3, 0.4) is 0 Å². The van der Waals surface area contributed by atoms with E-state index < -0.39 is 0 Å². The molecular weight excluding hydrogens is 424 g/mol. The van der Waals surface area contributed by atoms with E-state index in [0.717, 1.165) is 60.4 Å². The molecular formula is C28H36N4O2. The fourth-order valence-electron chi connectivity index (χ4n) is 5.00. The number of pyridine rings is 1. The SMILES string of the molecule is Cc1cc(C)c(CNC(=O)c2cc(C3=CCN(C)CC3)cc(N(C)C3C=CCC3)c2C)c(=O)[nH]1. The minimum absolute atomic E-state index is 0.145. The lowest BCUT2D eigenvalue weighted by Crippen LogP contribution is -2.31. The lowest BCUT2D eigenvalue weighted by Gasteiger charge is -2.30. The molecule has 0 radical (unpaired) electrons. The van der Waals surface area contributed by atoms with Gasteiger partial charge < -0.3 is 20.1 Å². The number of nitrogens with zero attached hydrogens (tertiary/aromatic N) is 2. The molecule has 34 heavy (non-hydrogen) atoms. The second-order valence-corrected chi connectivity index (χ2v) is 9.72. The highest BCUT2D eigenvalue weighted by atomic mass is 16.1. The van der Waals surface area contributed by atoms with Gasteiger partial charge >= 0.3 is 0 Å². The molecule has 2 aromatic rings. The van der Waals surface area contributed by atoms with Gasteiger partial charge in [-0.05, 0) is 87.5 Å². The van der Waals surface area contributed by atoms with Gasteiger partial charge in [0.2, 0.25) is 0 Å². The maximum absolute atomic E-state index is 13.4. The van der Waals surface area contributed by atoms with E-state index in [9.17, 15) is 9.59 Å². The molecule has 0 spiro atoms. The monoisotopic (exact) mass is 460 g/mol. The number of hydrogen-bond donors (Lipinski definition) is 2. The third kappa shape index (κ3) is 5.02. The third-order valence-electron chi connectivity index (χ3n) is 7.19. The number of likely N-dealkylation sites (N-methyl/N-ethyl adjacent to an activating group) is 2. The summed E-state index contributed by atoms with van der Waals surface area (Å²) in [6, 6.07) is 6.54. The summed E-state index contributed by atoms with van der Waals surface area (Å²) in [5.41, 5.74) is 7.27. The number of benzene rings is 1. The number of carbonyl (C=O) groups excluding carboxylic acids is 1. The number of anilines is 1. The number of aryl methyl sites for hydroxylation is 2. The fraction of sp³-hybridized carbons (Fsp3) is 0.429. The molecule has 1 aromatic carbocycles. The maximum Gasteiger partial charge on any atom is 0.253 e. The van der Waals surface area contributed by atoms with Crippen LogP contribution < -0.4 is 15.8 Å². The number of carbonyl (C=O) groups is 1. The van der Waals surface area contributed by atoms with E-state index in [1.54, 1.807) is 0 Å². The molecule has 2 aliphatic rings. The number of rotatable bonds is 6. The molecule has 1 unspecified atom stereocenters. The number of aromatic nitrogens is 1. The standard InChI is InChI=1S/C28H36N4O2/c1-18-14-19(2)30-28(34)25(18)17-29-27(33)24-15-22(21-10-12-31(4)13-11-21)16-26(20(24)3)32(5)23-8-6-7-9-23/h6,8,10,14-16,23H,7,9,11-13,17H2,1-5H3,(H,29,33)(H,30,34). The van der Waals surface area contributed by atoms with E-state index in [2.05, 4.69) is 58.5 Å². The molecule has 6 heteroatoms. The first-order valence-electron chi connectivity index (χ1n) is 12.1. The summed E-state index contributed by atoms with van der Waals surface area (Å²) in [6.07, 6.45) is 9.89. The van der Waals surface area contributed by atoms with E-state index in [1.807, 2.05) is 32.9 Å². The normalized spacial score (nSPS) is 18.1. The molecule has 180 valence electrons. The van der Waals surface area contributed by atoms with Gasteiger partial charge in [0.25, 0.3) is 11.5 Å². The summed E-state index contributed by atoms with van der Waals surface area (Å²) >= 11 is 0. The number of H-pyrrole nitrogens is 1. The lowest BCUT2D eigenvalue weighted by atomic mass is 9.93. The van der Waals surface area contributed by atoms with Crippen molar-refractivity contribution in [3.8, 4) is 0 Å². The first kappa shape index (κ1) is 24.0. The number of allylic oxidation sites excluding steroid dienone is 1. The van der Waals surface area contributed by atoms with Crippen molar-refractivity contribution in [2.75, 3.05) is 32.1 Å². The number of aromatic amines is 1. The Labute approximate surface area is 202 Å². The second kappa shape index (κ2) is 10.0. The minimum Gasteiger partial charge on any atom is -0.368 e. The zero-order valence-electron chi connectivity index (χ0n) is 21.0. The lowest BCUT2D eigenvalue weighted by molar-refractivity contribution is 0.0950. The Morgan fingerprint density at radius 2 is 2.03 bits per heavy atom. The van der Waals surface area contributed by atoms with Gasteiger partial charge in [0.05, 0.1) is 0 Å². The van der Waals surface area contributed by atoms with Crippen LogP contribution in [0.1, 0.15) is 57.6 Å². The topological polar surface area (TPSA) is 68.4 Å². The molecule has 0 saturated carbocycles. The minimum atomic E-state index is -0.149. The van der Waals surface area contributed by atoms with Crippen molar-refractivity contribution in [2.24, 2.45) is 0 Å². The van der Waals surface area contributed by atoms with Crippen molar-refractivity contribution in [1.29, 1.82) is 0 Å². The van der Waals surface area contributed by atoms with Gasteiger partial charge in [-0.1, -0.05) is 18.2 Å². The van der Waals surface area contributed by atoms with Crippen LogP contribution in [-0.4, -0.2) is 49.0 Å². The highest BCUT2D eigenvalue weighted by Crippen LogP contribution is 2.33. The molecule has 1 atom stereocenters. The molecule has 0 saturated heterocycles. The van der Waals surface area contributed by atoms with Crippen molar-refractivity contribution < 1.29 is 4.79 Å². The fourth-order valence-corrected chi connectivity index (χ4v) is 5.00. The van der Waals surface area contributed by atoms with E-state index in [0.29, 0.717) is 17.2 Å². The van der Waals surface area contributed by atoms with Gasteiger partial charge in [-0.25, -0.2) is 0 Å². The predicted molar refractivity (Wildman–Crippen MR) is 140 cm³/mol. The van der Waals surface area contributed by atoms with Crippen LogP contribution in [0, 0.1) is 20.8 Å². The Kier molecular flexibility index (Phi) is 7.08. The van der Waals surface area contributed by atoms with Gasteiger partial charge in [-0.3, -0.25) is 9.59 Å². The first-order valence-corrected chi connectivity index (χ1v) is 12.1. The maximum atomic E-state index is 13.4. The molecule has 2 N–H and O–H groups in total. The second-order valence-electron chi connectivity index (χ2n) is 9.72. The van der Waals surface area contributed by atoms with Crippen LogP contribution in [0.25, 0.3) is 5.57 Å². The van der Waals surface area contributed by atoms with Crippen LogP contribution in [0.5, 0.6) is 0 Å². The highest BCUT2D eigenvalue weighted by molar-refractivity contribution is 5.98. The zero-order valence-corrected chi connectivity index (χ0v) is 21.0. The van der Waals surface area contributed by atoms with Crippen molar-refractivity contribution in [3.63, 3.8) is 0 Å². The molecule has 0 fully saturated rings. The number of amides is 1. The van der Waals surface area contributed by atoms with Gasteiger partial charge in [0.1, 0.15) is 0 Å². The van der Waals surface area contributed by atoms with Gasteiger partial charge in [0.15, 0.2) is 0 Å². The highest BCUT2D eigenvalue weighted by Gasteiger charge is 2.23. The Hall–Kier alpha value is -3.12. The van der Waals surface area contributed by atoms with Crippen LogP contribution in [0.2, 0.25) is 0 Å². The summed E-state index contributed by atoms with van der Waals surface area (Å²) in [5.74, 6) is -0.149. The Morgan fingerprint density at radius 3 is 2.68 bits per heavy atom. The molecule has 1 amide bonds. The summed E-state index contributed by atoms with van der Waals surface area (Å²) < 4.78 is 0. The Balaban J connectivity index is 1.68. The Bertz CT molecular complexity index is 1210. The third-order valence-corrected chi connectivity index (χ3v) is 7.19. The molecule has 6 nitrogen and oxygen atoms in total. The summed E-state index contributed by atoms with van der Waals surface area (Å²) in [4.78, 5) is 33.3. The largest absolute Gasteiger partial charge is 0.368 e. The zero-order chi connectivity index (χ0) is 24.4. The van der Waals surface area contributed by atoms with E-state index in [1.165, 1.54) is 5.57 Å². The van der Waals surface area contributed by atoms with Crippen LogP contribution >= 0.6 is 0 Å². The van der Waals surface area contributed by atoms with Crippen molar-refractivity contribution >= 4 is 17.2 Å². The molecule has 1 aromatic heterocycles. The van der Waals surface area contributed by atoms with Gasteiger partial charge in [-0.2, -0.15) is 0 Å². The van der Waals surface area contributed by atoms with Crippen LogP contribution in [-0.2, 0) is 6.54 Å². The molecule has 4 rings (SSSR count). The molecule has 1 aliphatic heterocycles. The first-order chi connectivity index (χ1) is 16.2. The van der Waals surface area contributed by atoms with Gasteiger partial charge in [0, 0.05) is 55.2 Å². The molecule has 2 heterocycles. The van der Waals surface area contributed by atoms with Crippen LogP contribution in [0.4, 0.5) is 5.69 Å². The van der Waals surface area contributed by atoms with E-state index in [-0.39, 0.29) is 18.0 Å². The molecule has 0 bridgehead atoms. The average Bonchev–Trinajstić information content (AvgIpc) is 3.33. The van der Waals surface area contributed by atoms with Gasteiger partial charge in [-0.15, -0.1) is 0 Å². The number of hydrogen-bond acceptors (Lipinski definition) is 4. The quantitative estimate of drug-likeness (QED) is 0.637. The number of nitrogens with one attached hydrogen (secondary N) is 2. The van der Waals surface area contributed by atoms with E-state index >= 15 is 0 Å². The van der Waals surface area contributed by atoms with Crippen LogP contribution in [0.15, 0.2) is 41.2 Å². The van der Waals surface area contributed by atoms with Crippen molar-refractivity contribution in [1.82, 2.24) is 15.2 Å². The van der Waals surface area contributed by atoms with Crippen molar-refractivity contribution in [2.45, 2.75) is 52.6 Å². The summed E-state index contributed by atoms with van der Waals surface area (Å²) in [5, 5.41) is 3.01. The van der Waals surface area contributed by atoms with Crippen molar-refractivity contribution in [3.05, 3.63) is 80.3 Å². The predicted octanol–water partition coefficient (Wildman–Crippen LogP) is 4.10. The summed E-state index contributed by atoms with van der Waals surface area (Å²) in [6.45, 7) is 7.92. The smallest absolute Gasteiger partial charge is 0.253 e. The molecule has 1 aliphatic carbocycles. The Morgan fingerprint density at radius 1 is 1.24 bits per heavy atom.